The SMILES string of the molecule is CCc1nc(COc2cc(F)ccc2[C@@H](C)O)no1. The average Bonchev–Trinajstić information content (AvgIpc) is 2.84. The zero-order valence-corrected chi connectivity index (χ0v) is 10.8. The molecule has 6 heteroatoms. The number of nitrogens with zero attached hydrogens (tertiary/aromatic N) is 2. The van der Waals surface area contributed by atoms with Crippen LogP contribution in [0.3, 0.4) is 0 Å². The van der Waals surface area contributed by atoms with E-state index in [1.165, 1.54) is 18.2 Å². The second-order valence-corrected chi connectivity index (χ2v) is 4.10. The summed E-state index contributed by atoms with van der Waals surface area (Å²) in [5.41, 5.74) is 0.514. The van der Waals surface area contributed by atoms with Crippen molar-refractivity contribution in [3.8, 4) is 5.75 Å². The molecule has 19 heavy (non-hydrogen) atoms. The normalized spacial score (nSPS) is 12.4. The second kappa shape index (κ2) is 5.79. The Morgan fingerprint density at radius 1 is 1.47 bits per heavy atom. The first-order chi connectivity index (χ1) is 9.10. The molecule has 1 atom stereocenters. The van der Waals surface area contributed by atoms with Crippen LogP contribution in [0.4, 0.5) is 4.39 Å². The van der Waals surface area contributed by atoms with Gasteiger partial charge in [-0.3, -0.25) is 0 Å². The van der Waals surface area contributed by atoms with Crippen LogP contribution in [-0.4, -0.2) is 15.2 Å². The molecule has 102 valence electrons. The first kappa shape index (κ1) is 13.5. The molecule has 0 aliphatic carbocycles. The molecular weight excluding hydrogens is 251 g/mol. The number of hydrogen-bond acceptors (Lipinski definition) is 5. The van der Waals surface area contributed by atoms with Gasteiger partial charge in [0.15, 0.2) is 6.61 Å². The molecule has 2 rings (SSSR count). The molecule has 0 aliphatic heterocycles. The van der Waals surface area contributed by atoms with Gasteiger partial charge in [-0.1, -0.05) is 12.1 Å². The Labute approximate surface area is 110 Å². The highest BCUT2D eigenvalue weighted by atomic mass is 19.1. The van der Waals surface area contributed by atoms with Gasteiger partial charge in [-0.2, -0.15) is 4.98 Å². The highest BCUT2D eigenvalue weighted by Gasteiger charge is 2.12. The number of aliphatic hydroxyl groups is 1. The van der Waals surface area contributed by atoms with E-state index < -0.39 is 11.9 Å². The molecule has 5 nitrogen and oxygen atoms in total. The summed E-state index contributed by atoms with van der Waals surface area (Å²) in [7, 11) is 0. The summed E-state index contributed by atoms with van der Waals surface area (Å²) in [5.74, 6) is 0.755. The van der Waals surface area contributed by atoms with Crippen LogP contribution in [0.25, 0.3) is 0 Å². The van der Waals surface area contributed by atoms with Crippen molar-refractivity contribution in [2.75, 3.05) is 0 Å². The molecule has 1 heterocycles. The van der Waals surface area contributed by atoms with E-state index in [2.05, 4.69) is 10.1 Å². The zero-order chi connectivity index (χ0) is 13.8. The molecule has 1 aromatic heterocycles. The fraction of sp³-hybridized carbons (Fsp3) is 0.385. The first-order valence-corrected chi connectivity index (χ1v) is 6.02. The van der Waals surface area contributed by atoms with E-state index in [0.29, 0.717) is 23.7 Å². The van der Waals surface area contributed by atoms with E-state index in [4.69, 9.17) is 9.26 Å². The lowest BCUT2D eigenvalue weighted by atomic mass is 10.1. The number of hydrogen-bond donors (Lipinski definition) is 1. The minimum atomic E-state index is -0.743. The highest BCUT2D eigenvalue weighted by molar-refractivity contribution is 5.35. The van der Waals surface area contributed by atoms with Crippen molar-refractivity contribution in [1.82, 2.24) is 10.1 Å². The largest absolute Gasteiger partial charge is 0.485 e. The second-order valence-electron chi connectivity index (χ2n) is 4.10. The summed E-state index contributed by atoms with van der Waals surface area (Å²) in [6.45, 7) is 3.55. The van der Waals surface area contributed by atoms with E-state index in [-0.39, 0.29) is 12.4 Å². The third-order valence-corrected chi connectivity index (χ3v) is 2.60. The van der Waals surface area contributed by atoms with Crippen molar-refractivity contribution >= 4 is 0 Å². The van der Waals surface area contributed by atoms with Gasteiger partial charge in [-0.15, -0.1) is 0 Å². The van der Waals surface area contributed by atoms with Crippen LogP contribution >= 0.6 is 0 Å². The summed E-state index contributed by atoms with van der Waals surface area (Å²) in [6.07, 6.45) is -0.0987. The van der Waals surface area contributed by atoms with Gasteiger partial charge in [0, 0.05) is 18.1 Å². The van der Waals surface area contributed by atoms with Gasteiger partial charge in [0.1, 0.15) is 11.6 Å². The maximum atomic E-state index is 13.2. The topological polar surface area (TPSA) is 68.4 Å². The molecule has 0 fully saturated rings. The van der Waals surface area contributed by atoms with Crippen molar-refractivity contribution in [2.45, 2.75) is 33.0 Å². The third-order valence-electron chi connectivity index (χ3n) is 2.60. The Kier molecular flexibility index (Phi) is 4.11. The molecule has 1 N–H and O–H groups in total. The lowest BCUT2D eigenvalue weighted by Crippen LogP contribution is -2.03. The standard InChI is InChI=1S/C13H15FN2O3/c1-3-13-15-12(16-19-13)7-18-11-6-9(14)4-5-10(11)8(2)17/h4-6,8,17H,3,7H2,1-2H3/t8-/m1/s1. The number of rotatable bonds is 5. The van der Waals surface area contributed by atoms with Crippen molar-refractivity contribution in [3.63, 3.8) is 0 Å². The number of aromatic nitrogens is 2. The number of ether oxygens (including phenoxy) is 1. The van der Waals surface area contributed by atoms with Crippen LogP contribution < -0.4 is 4.74 Å². The van der Waals surface area contributed by atoms with Crippen LogP contribution in [0, 0.1) is 5.82 Å². The molecule has 0 radical (unpaired) electrons. The Morgan fingerprint density at radius 3 is 2.89 bits per heavy atom. The van der Waals surface area contributed by atoms with Crippen molar-refractivity contribution in [3.05, 3.63) is 41.3 Å². The third kappa shape index (κ3) is 3.29. The van der Waals surface area contributed by atoms with Crippen molar-refractivity contribution < 1.29 is 18.8 Å². The van der Waals surface area contributed by atoms with E-state index in [9.17, 15) is 9.50 Å². The maximum absolute atomic E-state index is 13.2. The molecule has 0 aliphatic rings. The molecule has 0 saturated heterocycles. The van der Waals surface area contributed by atoms with E-state index in [0.717, 1.165) is 0 Å². The number of halogens is 1. The monoisotopic (exact) mass is 266 g/mol. The van der Waals surface area contributed by atoms with Gasteiger partial charge < -0.3 is 14.4 Å². The molecule has 1 aromatic carbocycles. The number of benzene rings is 1. The smallest absolute Gasteiger partial charge is 0.226 e. The molecule has 0 saturated carbocycles. The van der Waals surface area contributed by atoms with Crippen molar-refractivity contribution in [2.24, 2.45) is 0 Å². The Morgan fingerprint density at radius 2 is 2.26 bits per heavy atom. The predicted octanol–water partition coefficient (Wildman–Crippen LogP) is 2.40. The molecule has 0 amide bonds. The van der Waals surface area contributed by atoms with Crippen LogP contribution in [0.2, 0.25) is 0 Å². The lowest BCUT2D eigenvalue weighted by molar-refractivity contribution is 0.189. The Hall–Kier alpha value is -1.95. The van der Waals surface area contributed by atoms with Gasteiger partial charge >= 0.3 is 0 Å². The molecule has 0 bridgehead atoms. The van der Waals surface area contributed by atoms with E-state index in [1.807, 2.05) is 6.92 Å². The number of aliphatic hydroxyl groups excluding tert-OH is 1. The molecule has 0 unspecified atom stereocenters. The van der Waals surface area contributed by atoms with Gasteiger partial charge in [0.25, 0.3) is 0 Å². The summed E-state index contributed by atoms with van der Waals surface area (Å²) in [4.78, 5) is 4.08. The molecule has 2 aromatic rings. The first-order valence-electron chi connectivity index (χ1n) is 6.02. The summed E-state index contributed by atoms with van der Waals surface area (Å²) in [6, 6.07) is 3.99. The zero-order valence-electron chi connectivity index (χ0n) is 10.8. The van der Waals surface area contributed by atoms with Crippen LogP contribution in [-0.2, 0) is 13.0 Å². The van der Waals surface area contributed by atoms with Gasteiger partial charge in [-0.05, 0) is 19.1 Å². The van der Waals surface area contributed by atoms with Gasteiger partial charge in [0.05, 0.1) is 6.10 Å². The average molecular weight is 266 g/mol. The van der Waals surface area contributed by atoms with Crippen LogP contribution in [0.1, 0.15) is 37.2 Å². The van der Waals surface area contributed by atoms with Crippen LogP contribution in [0.5, 0.6) is 5.75 Å². The number of aryl methyl sites for hydroxylation is 1. The molecular formula is C13H15FN2O3. The minimum Gasteiger partial charge on any atom is -0.485 e. The summed E-state index contributed by atoms with van der Waals surface area (Å²) in [5, 5.41) is 13.3. The minimum absolute atomic E-state index is 0.0622. The fourth-order valence-corrected chi connectivity index (χ4v) is 1.61. The lowest BCUT2D eigenvalue weighted by Gasteiger charge is -2.12. The van der Waals surface area contributed by atoms with Crippen LogP contribution in [0.15, 0.2) is 22.7 Å². The van der Waals surface area contributed by atoms with Crippen molar-refractivity contribution in [1.29, 1.82) is 0 Å². The van der Waals surface area contributed by atoms with Gasteiger partial charge in [0.2, 0.25) is 11.7 Å². The quantitative estimate of drug-likeness (QED) is 0.900. The highest BCUT2D eigenvalue weighted by Crippen LogP contribution is 2.26. The van der Waals surface area contributed by atoms with E-state index >= 15 is 0 Å². The van der Waals surface area contributed by atoms with E-state index in [1.54, 1.807) is 6.92 Å². The summed E-state index contributed by atoms with van der Waals surface area (Å²) < 4.78 is 23.6. The molecule has 0 spiro atoms. The maximum Gasteiger partial charge on any atom is 0.226 e. The van der Waals surface area contributed by atoms with Gasteiger partial charge in [-0.25, -0.2) is 4.39 Å². The summed E-state index contributed by atoms with van der Waals surface area (Å²) >= 11 is 0. The predicted molar refractivity (Wildman–Crippen MR) is 65.0 cm³/mol. The Bertz CT molecular complexity index is 555. The Balaban J connectivity index is 2.12. The fourth-order valence-electron chi connectivity index (χ4n) is 1.61.